The third-order valence-electron chi connectivity index (χ3n) is 3.95. The van der Waals surface area contributed by atoms with Gasteiger partial charge in [-0.1, -0.05) is 33.8 Å². The number of carbonyl (C=O) groups excluding carboxylic acids is 1. The van der Waals surface area contributed by atoms with Gasteiger partial charge in [0, 0.05) is 25.0 Å². The molecule has 1 amide bonds. The van der Waals surface area contributed by atoms with Crippen LogP contribution in [0.4, 0.5) is 5.69 Å². The molecule has 2 rings (SSSR count). The Kier molecular flexibility index (Phi) is 5.65. The van der Waals surface area contributed by atoms with Gasteiger partial charge in [0.2, 0.25) is 5.43 Å². The second-order valence-corrected chi connectivity index (χ2v) is 7.10. The molecule has 24 heavy (non-hydrogen) atoms. The van der Waals surface area contributed by atoms with E-state index in [0.29, 0.717) is 36.0 Å². The van der Waals surface area contributed by atoms with E-state index < -0.39 is 0 Å². The Bertz CT molecular complexity index is 791. The Balaban J connectivity index is 2.50. The van der Waals surface area contributed by atoms with Gasteiger partial charge in [0.15, 0.2) is 0 Å². The minimum atomic E-state index is -0.330. The monoisotopic (exact) mass is 329 g/mol. The highest BCUT2D eigenvalue weighted by atomic mass is 16.2. The Morgan fingerprint density at radius 3 is 2.54 bits per heavy atom. The molecule has 2 aromatic rings. The van der Waals surface area contributed by atoms with E-state index in [4.69, 9.17) is 5.73 Å². The van der Waals surface area contributed by atoms with Crippen molar-refractivity contribution in [3.05, 3.63) is 40.2 Å². The third-order valence-corrected chi connectivity index (χ3v) is 3.95. The molecular weight excluding hydrogens is 302 g/mol. The highest BCUT2D eigenvalue weighted by molar-refractivity contribution is 6.00. The fourth-order valence-electron chi connectivity index (χ4n) is 2.74. The Hall–Kier alpha value is -2.30. The highest BCUT2D eigenvalue weighted by Crippen LogP contribution is 2.19. The lowest BCUT2D eigenvalue weighted by molar-refractivity contribution is 0.0950. The van der Waals surface area contributed by atoms with Gasteiger partial charge in [-0.05, 0) is 30.4 Å². The van der Waals surface area contributed by atoms with Gasteiger partial charge in [0.25, 0.3) is 5.91 Å². The van der Waals surface area contributed by atoms with Gasteiger partial charge in [0.05, 0.1) is 10.9 Å². The maximum absolute atomic E-state index is 12.8. The van der Waals surface area contributed by atoms with E-state index >= 15 is 0 Å². The van der Waals surface area contributed by atoms with Crippen LogP contribution >= 0.6 is 0 Å². The largest absolute Gasteiger partial charge is 0.398 e. The van der Waals surface area contributed by atoms with Gasteiger partial charge in [-0.2, -0.15) is 0 Å². The fourth-order valence-corrected chi connectivity index (χ4v) is 2.74. The lowest BCUT2D eigenvalue weighted by Gasteiger charge is -2.16. The SMILES string of the molecule is CC(C)CCNC(=O)c1cn(CC(C)C)c2cccc(N)c2c1=O. The van der Waals surface area contributed by atoms with E-state index in [2.05, 4.69) is 33.0 Å². The maximum atomic E-state index is 12.8. The standard InChI is InChI=1S/C19H27N3O2/c1-12(2)8-9-21-19(24)14-11-22(10-13(3)4)16-7-5-6-15(20)17(16)18(14)23/h5-7,11-13H,8-10,20H2,1-4H3,(H,21,24). The molecular formula is C19H27N3O2. The van der Waals surface area contributed by atoms with Crippen LogP contribution in [0.1, 0.15) is 44.5 Å². The summed E-state index contributed by atoms with van der Waals surface area (Å²) in [6.45, 7) is 9.66. The van der Waals surface area contributed by atoms with Crippen LogP contribution in [0.5, 0.6) is 0 Å². The number of benzene rings is 1. The Morgan fingerprint density at radius 1 is 1.21 bits per heavy atom. The number of nitrogens with zero attached hydrogens (tertiary/aromatic N) is 1. The van der Waals surface area contributed by atoms with Crippen LogP contribution in [0.15, 0.2) is 29.2 Å². The molecule has 0 spiro atoms. The second kappa shape index (κ2) is 7.51. The molecule has 130 valence electrons. The van der Waals surface area contributed by atoms with Crippen LogP contribution < -0.4 is 16.5 Å². The predicted molar refractivity (Wildman–Crippen MR) is 99.2 cm³/mol. The van der Waals surface area contributed by atoms with Crippen molar-refractivity contribution in [3.63, 3.8) is 0 Å². The van der Waals surface area contributed by atoms with Crippen molar-refractivity contribution in [2.45, 2.75) is 40.7 Å². The summed E-state index contributed by atoms with van der Waals surface area (Å²) in [5.74, 6) is 0.549. The van der Waals surface area contributed by atoms with E-state index in [9.17, 15) is 9.59 Å². The quantitative estimate of drug-likeness (QED) is 0.800. The molecule has 0 saturated carbocycles. The van der Waals surface area contributed by atoms with E-state index in [-0.39, 0.29) is 16.9 Å². The van der Waals surface area contributed by atoms with Gasteiger partial charge in [0.1, 0.15) is 5.56 Å². The van der Waals surface area contributed by atoms with Gasteiger partial charge in [-0.3, -0.25) is 9.59 Å². The summed E-state index contributed by atoms with van der Waals surface area (Å²) in [5, 5.41) is 3.27. The van der Waals surface area contributed by atoms with E-state index in [0.717, 1.165) is 11.9 Å². The summed E-state index contributed by atoms with van der Waals surface area (Å²) < 4.78 is 1.95. The average molecular weight is 329 g/mol. The summed E-state index contributed by atoms with van der Waals surface area (Å²) in [6.07, 6.45) is 2.54. The van der Waals surface area contributed by atoms with Crippen molar-refractivity contribution in [1.29, 1.82) is 0 Å². The van der Waals surface area contributed by atoms with Gasteiger partial charge in [-0.15, -0.1) is 0 Å². The highest BCUT2D eigenvalue weighted by Gasteiger charge is 2.17. The average Bonchev–Trinajstić information content (AvgIpc) is 2.49. The Labute approximate surface area is 142 Å². The van der Waals surface area contributed by atoms with Crippen LogP contribution in [0.2, 0.25) is 0 Å². The topological polar surface area (TPSA) is 77.1 Å². The van der Waals surface area contributed by atoms with E-state index in [1.165, 1.54) is 0 Å². The lowest BCUT2D eigenvalue weighted by atomic mass is 10.1. The fraction of sp³-hybridized carbons (Fsp3) is 0.474. The first kappa shape index (κ1) is 18.0. The van der Waals surface area contributed by atoms with Crippen molar-refractivity contribution in [1.82, 2.24) is 9.88 Å². The van der Waals surface area contributed by atoms with Crippen molar-refractivity contribution in [3.8, 4) is 0 Å². The van der Waals surface area contributed by atoms with Crippen LogP contribution in [-0.4, -0.2) is 17.0 Å². The number of anilines is 1. The van der Waals surface area contributed by atoms with Crippen molar-refractivity contribution >= 4 is 22.5 Å². The molecule has 3 N–H and O–H groups in total. The summed E-state index contributed by atoms with van der Waals surface area (Å²) in [6, 6.07) is 5.40. The van der Waals surface area contributed by atoms with Gasteiger partial charge < -0.3 is 15.6 Å². The van der Waals surface area contributed by atoms with Gasteiger partial charge in [-0.25, -0.2) is 0 Å². The molecule has 0 fully saturated rings. The Morgan fingerprint density at radius 2 is 1.92 bits per heavy atom. The molecule has 0 atom stereocenters. The summed E-state index contributed by atoms with van der Waals surface area (Å²) in [5.41, 5.74) is 7.06. The normalized spacial score (nSPS) is 11.4. The number of amides is 1. The molecule has 5 nitrogen and oxygen atoms in total. The molecule has 0 aliphatic carbocycles. The van der Waals surface area contributed by atoms with E-state index in [1.54, 1.807) is 12.3 Å². The predicted octanol–water partition coefficient (Wildman–Crippen LogP) is 3.02. The van der Waals surface area contributed by atoms with E-state index in [1.807, 2.05) is 16.7 Å². The van der Waals surface area contributed by atoms with Crippen LogP contribution in [0, 0.1) is 11.8 Å². The summed E-state index contributed by atoms with van der Waals surface area (Å²) >= 11 is 0. The first-order chi connectivity index (χ1) is 11.3. The molecule has 0 aliphatic rings. The number of fused-ring (bicyclic) bond motifs is 1. The number of hydrogen-bond donors (Lipinski definition) is 2. The minimum Gasteiger partial charge on any atom is -0.398 e. The molecule has 0 bridgehead atoms. The summed E-state index contributed by atoms with van der Waals surface area (Å²) in [7, 11) is 0. The molecule has 0 radical (unpaired) electrons. The number of pyridine rings is 1. The molecule has 0 aliphatic heterocycles. The maximum Gasteiger partial charge on any atom is 0.256 e. The first-order valence-corrected chi connectivity index (χ1v) is 8.51. The van der Waals surface area contributed by atoms with Crippen molar-refractivity contribution < 1.29 is 4.79 Å². The zero-order valence-corrected chi connectivity index (χ0v) is 14.9. The molecule has 0 saturated heterocycles. The molecule has 5 heteroatoms. The number of nitrogens with one attached hydrogen (secondary N) is 1. The summed E-state index contributed by atoms with van der Waals surface area (Å²) in [4.78, 5) is 25.2. The first-order valence-electron chi connectivity index (χ1n) is 8.51. The molecule has 0 unspecified atom stereocenters. The second-order valence-electron chi connectivity index (χ2n) is 7.10. The zero-order valence-electron chi connectivity index (χ0n) is 14.9. The number of hydrogen-bond acceptors (Lipinski definition) is 3. The van der Waals surface area contributed by atoms with Crippen LogP contribution in [0.3, 0.4) is 0 Å². The third kappa shape index (κ3) is 3.96. The number of rotatable bonds is 6. The van der Waals surface area contributed by atoms with Crippen LogP contribution in [0.25, 0.3) is 10.9 Å². The molecule has 1 aromatic carbocycles. The van der Waals surface area contributed by atoms with Crippen molar-refractivity contribution in [2.24, 2.45) is 11.8 Å². The number of nitrogen functional groups attached to an aromatic ring is 1. The zero-order chi connectivity index (χ0) is 17.9. The number of nitrogens with two attached hydrogens (primary N) is 1. The lowest BCUT2D eigenvalue weighted by Crippen LogP contribution is -2.31. The molecule has 1 heterocycles. The van der Waals surface area contributed by atoms with Gasteiger partial charge >= 0.3 is 0 Å². The van der Waals surface area contributed by atoms with Crippen molar-refractivity contribution in [2.75, 3.05) is 12.3 Å². The smallest absolute Gasteiger partial charge is 0.256 e. The number of aromatic nitrogens is 1. The molecule has 1 aromatic heterocycles. The van der Waals surface area contributed by atoms with Crippen LogP contribution in [-0.2, 0) is 6.54 Å². The number of carbonyl (C=O) groups is 1. The minimum absolute atomic E-state index is 0.157.